The Hall–Kier alpha value is -0.770. The van der Waals surface area contributed by atoms with Gasteiger partial charge in [0.25, 0.3) is 0 Å². The van der Waals surface area contributed by atoms with E-state index in [0.717, 1.165) is 32.0 Å². The average Bonchev–Trinajstić information content (AvgIpc) is 2.08. The summed E-state index contributed by atoms with van der Waals surface area (Å²) in [7, 11) is 2.13. The SMILES string of the molecule is CC(C)/C(N)=N/N1CCN(C)CC1. The van der Waals surface area contributed by atoms with Crippen molar-refractivity contribution < 1.29 is 0 Å². The second-order valence-corrected chi connectivity index (χ2v) is 3.94. The van der Waals surface area contributed by atoms with Gasteiger partial charge < -0.3 is 10.6 Å². The highest BCUT2D eigenvalue weighted by molar-refractivity contribution is 5.81. The standard InChI is InChI=1S/C9H20N4/c1-8(2)9(10)11-13-6-4-12(3)5-7-13/h8H,4-7H2,1-3H3,(H2,10,11). The van der Waals surface area contributed by atoms with Crippen molar-refractivity contribution in [2.24, 2.45) is 16.8 Å². The Kier molecular flexibility index (Phi) is 3.54. The third-order valence-corrected chi connectivity index (χ3v) is 2.33. The number of nitrogens with zero attached hydrogens (tertiary/aromatic N) is 3. The number of hydrazone groups is 1. The molecule has 1 saturated heterocycles. The first-order valence-corrected chi connectivity index (χ1v) is 4.87. The van der Waals surface area contributed by atoms with Gasteiger partial charge >= 0.3 is 0 Å². The summed E-state index contributed by atoms with van der Waals surface area (Å²) in [4.78, 5) is 2.30. The number of amidine groups is 1. The number of nitrogens with two attached hydrogens (primary N) is 1. The molecule has 0 radical (unpaired) electrons. The number of likely N-dealkylation sites (N-methyl/N-ethyl adjacent to an activating group) is 1. The predicted molar refractivity (Wildman–Crippen MR) is 55.5 cm³/mol. The zero-order chi connectivity index (χ0) is 9.84. The molecule has 0 spiro atoms. The third-order valence-electron chi connectivity index (χ3n) is 2.33. The van der Waals surface area contributed by atoms with E-state index in [1.54, 1.807) is 0 Å². The molecule has 76 valence electrons. The Bertz CT molecular complexity index is 180. The molecule has 0 atom stereocenters. The zero-order valence-electron chi connectivity index (χ0n) is 8.82. The van der Waals surface area contributed by atoms with Crippen molar-refractivity contribution in [3.05, 3.63) is 0 Å². The summed E-state index contributed by atoms with van der Waals surface area (Å²) in [6, 6.07) is 0. The summed E-state index contributed by atoms with van der Waals surface area (Å²) in [5, 5.41) is 6.44. The molecule has 0 aromatic heterocycles. The molecular weight excluding hydrogens is 164 g/mol. The van der Waals surface area contributed by atoms with Crippen molar-refractivity contribution in [2.75, 3.05) is 33.2 Å². The highest BCUT2D eigenvalue weighted by Crippen LogP contribution is 2.01. The molecule has 1 rings (SSSR count). The van der Waals surface area contributed by atoms with Crippen LogP contribution in [0.4, 0.5) is 0 Å². The fraction of sp³-hybridized carbons (Fsp3) is 0.889. The van der Waals surface area contributed by atoms with Gasteiger partial charge in [-0.05, 0) is 7.05 Å². The molecule has 1 fully saturated rings. The van der Waals surface area contributed by atoms with Crippen molar-refractivity contribution in [3.8, 4) is 0 Å². The normalized spacial score (nSPS) is 21.2. The molecule has 0 amide bonds. The van der Waals surface area contributed by atoms with Crippen molar-refractivity contribution in [3.63, 3.8) is 0 Å². The van der Waals surface area contributed by atoms with Crippen molar-refractivity contribution in [1.29, 1.82) is 0 Å². The highest BCUT2D eigenvalue weighted by atomic mass is 15.5. The Labute approximate surface area is 80.4 Å². The minimum atomic E-state index is 0.347. The maximum absolute atomic E-state index is 5.78. The van der Waals surface area contributed by atoms with Crippen LogP contribution in [0.25, 0.3) is 0 Å². The van der Waals surface area contributed by atoms with Gasteiger partial charge in [-0.15, -0.1) is 0 Å². The summed E-state index contributed by atoms with van der Waals surface area (Å²) in [5.74, 6) is 1.09. The molecule has 4 nitrogen and oxygen atoms in total. The van der Waals surface area contributed by atoms with Gasteiger partial charge in [0.1, 0.15) is 5.84 Å². The lowest BCUT2D eigenvalue weighted by Gasteiger charge is -2.30. The summed E-state index contributed by atoms with van der Waals surface area (Å²) in [5.41, 5.74) is 5.78. The highest BCUT2D eigenvalue weighted by Gasteiger charge is 2.12. The van der Waals surface area contributed by atoms with Crippen LogP contribution in [-0.4, -0.2) is 49.0 Å². The molecule has 0 saturated carbocycles. The van der Waals surface area contributed by atoms with E-state index in [1.165, 1.54) is 0 Å². The molecule has 0 unspecified atom stereocenters. The van der Waals surface area contributed by atoms with E-state index in [2.05, 4.69) is 35.9 Å². The number of rotatable bonds is 2. The minimum Gasteiger partial charge on any atom is -0.386 e. The molecule has 1 heterocycles. The number of hydrogen-bond donors (Lipinski definition) is 1. The van der Waals surface area contributed by atoms with Crippen LogP contribution >= 0.6 is 0 Å². The summed E-state index contributed by atoms with van der Waals surface area (Å²) >= 11 is 0. The van der Waals surface area contributed by atoms with Crippen LogP contribution in [0.2, 0.25) is 0 Å². The lowest BCUT2D eigenvalue weighted by atomic mass is 10.2. The monoisotopic (exact) mass is 184 g/mol. The third kappa shape index (κ3) is 3.22. The van der Waals surface area contributed by atoms with Crippen LogP contribution in [0.1, 0.15) is 13.8 Å². The van der Waals surface area contributed by atoms with Gasteiger partial charge in [-0.1, -0.05) is 13.8 Å². The largest absolute Gasteiger partial charge is 0.386 e. The van der Waals surface area contributed by atoms with Crippen LogP contribution in [-0.2, 0) is 0 Å². The summed E-state index contributed by atoms with van der Waals surface area (Å²) in [6.45, 7) is 8.27. The maximum Gasteiger partial charge on any atom is 0.122 e. The van der Waals surface area contributed by atoms with Crippen LogP contribution in [0, 0.1) is 5.92 Å². The lowest BCUT2D eigenvalue weighted by molar-refractivity contribution is 0.158. The molecule has 0 aromatic carbocycles. The van der Waals surface area contributed by atoms with Crippen molar-refractivity contribution >= 4 is 5.84 Å². The van der Waals surface area contributed by atoms with Gasteiger partial charge in [0, 0.05) is 32.1 Å². The van der Waals surface area contributed by atoms with E-state index in [1.807, 2.05) is 0 Å². The quantitative estimate of drug-likeness (QED) is 0.491. The van der Waals surface area contributed by atoms with E-state index >= 15 is 0 Å². The Balaban J connectivity index is 2.41. The molecule has 0 bridgehead atoms. The van der Waals surface area contributed by atoms with Crippen LogP contribution in [0.5, 0.6) is 0 Å². The molecular formula is C9H20N4. The van der Waals surface area contributed by atoms with Crippen molar-refractivity contribution in [2.45, 2.75) is 13.8 Å². The molecule has 1 aliphatic heterocycles. The molecule has 4 heteroatoms. The first kappa shape index (κ1) is 10.3. The molecule has 0 aliphatic carbocycles. The molecule has 2 N–H and O–H groups in total. The van der Waals surface area contributed by atoms with Crippen molar-refractivity contribution in [1.82, 2.24) is 9.91 Å². The smallest absolute Gasteiger partial charge is 0.122 e. The van der Waals surface area contributed by atoms with E-state index in [9.17, 15) is 0 Å². The zero-order valence-corrected chi connectivity index (χ0v) is 8.82. The Morgan fingerprint density at radius 2 is 1.77 bits per heavy atom. The summed E-state index contributed by atoms with van der Waals surface area (Å²) < 4.78 is 0. The van der Waals surface area contributed by atoms with Gasteiger partial charge in [0.15, 0.2) is 0 Å². The minimum absolute atomic E-state index is 0.347. The molecule has 13 heavy (non-hydrogen) atoms. The van der Waals surface area contributed by atoms with E-state index in [-0.39, 0.29) is 0 Å². The van der Waals surface area contributed by atoms with Gasteiger partial charge in [0.05, 0.1) is 0 Å². The van der Waals surface area contributed by atoms with E-state index < -0.39 is 0 Å². The summed E-state index contributed by atoms with van der Waals surface area (Å²) in [6.07, 6.45) is 0. The fourth-order valence-electron chi connectivity index (χ4n) is 1.17. The number of piperazine rings is 1. The topological polar surface area (TPSA) is 44.9 Å². The van der Waals surface area contributed by atoms with Gasteiger partial charge in [-0.2, -0.15) is 5.10 Å². The second kappa shape index (κ2) is 4.46. The first-order chi connectivity index (χ1) is 6.09. The average molecular weight is 184 g/mol. The number of hydrogen-bond acceptors (Lipinski definition) is 3. The molecule has 0 aromatic rings. The first-order valence-electron chi connectivity index (χ1n) is 4.87. The van der Waals surface area contributed by atoms with Gasteiger partial charge in [0.2, 0.25) is 0 Å². The maximum atomic E-state index is 5.78. The van der Waals surface area contributed by atoms with E-state index in [0.29, 0.717) is 5.92 Å². The van der Waals surface area contributed by atoms with Crippen LogP contribution in [0.3, 0.4) is 0 Å². The van der Waals surface area contributed by atoms with Gasteiger partial charge in [-0.25, -0.2) is 0 Å². The Morgan fingerprint density at radius 3 is 2.23 bits per heavy atom. The van der Waals surface area contributed by atoms with E-state index in [4.69, 9.17) is 5.73 Å². The van der Waals surface area contributed by atoms with Crippen LogP contribution in [0.15, 0.2) is 5.10 Å². The second-order valence-electron chi connectivity index (χ2n) is 3.94. The fourth-order valence-corrected chi connectivity index (χ4v) is 1.17. The van der Waals surface area contributed by atoms with Crippen LogP contribution < -0.4 is 5.73 Å². The lowest BCUT2D eigenvalue weighted by Crippen LogP contribution is -2.43. The Morgan fingerprint density at radius 1 is 1.23 bits per heavy atom. The van der Waals surface area contributed by atoms with Gasteiger partial charge in [-0.3, -0.25) is 5.01 Å². The predicted octanol–water partition coefficient (Wildman–Crippen LogP) is 0.162. The molecule has 1 aliphatic rings.